The molecule has 1 aromatic rings. The van der Waals surface area contributed by atoms with Gasteiger partial charge in [0.1, 0.15) is 13.2 Å². The molecule has 7 heteroatoms. The standard InChI is InChI=1S/C13H22N4O3/c1-3-17(13(18)9-16-6-4-5-7-16)8-12-14-11(10-19-2)15-20-12/h3-10H2,1-2H3. The molecule has 7 nitrogen and oxygen atoms in total. The van der Waals surface area contributed by atoms with E-state index in [1.165, 1.54) is 12.8 Å². The van der Waals surface area contributed by atoms with Crippen LogP contribution in [0.4, 0.5) is 0 Å². The van der Waals surface area contributed by atoms with Crippen molar-refractivity contribution < 1.29 is 14.1 Å². The second-order valence-electron chi connectivity index (χ2n) is 4.93. The average molecular weight is 282 g/mol. The quantitative estimate of drug-likeness (QED) is 0.731. The zero-order valence-electron chi connectivity index (χ0n) is 12.2. The number of hydrogen-bond acceptors (Lipinski definition) is 6. The van der Waals surface area contributed by atoms with Crippen LogP contribution in [0.3, 0.4) is 0 Å². The van der Waals surface area contributed by atoms with E-state index in [4.69, 9.17) is 9.26 Å². The van der Waals surface area contributed by atoms with Crippen molar-refractivity contribution in [1.82, 2.24) is 19.9 Å². The number of likely N-dealkylation sites (N-methyl/N-ethyl adjacent to an activating group) is 1. The molecule has 1 amide bonds. The number of aromatic nitrogens is 2. The van der Waals surface area contributed by atoms with E-state index in [9.17, 15) is 4.79 Å². The van der Waals surface area contributed by atoms with E-state index in [-0.39, 0.29) is 5.91 Å². The summed E-state index contributed by atoms with van der Waals surface area (Å²) in [6.07, 6.45) is 2.37. The number of amides is 1. The molecule has 1 saturated heterocycles. The Labute approximate surface area is 118 Å². The minimum absolute atomic E-state index is 0.112. The van der Waals surface area contributed by atoms with Crippen LogP contribution in [0.2, 0.25) is 0 Å². The monoisotopic (exact) mass is 282 g/mol. The van der Waals surface area contributed by atoms with Crippen molar-refractivity contribution in [3.05, 3.63) is 11.7 Å². The highest BCUT2D eigenvalue weighted by Gasteiger charge is 2.20. The van der Waals surface area contributed by atoms with Gasteiger partial charge in [-0.3, -0.25) is 9.69 Å². The van der Waals surface area contributed by atoms with E-state index in [1.54, 1.807) is 12.0 Å². The Kier molecular flexibility index (Phi) is 5.49. The van der Waals surface area contributed by atoms with Crippen LogP contribution in [0.25, 0.3) is 0 Å². The minimum atomic E-state index is 0.112. The number of carbonyl (C=O) groups is 1. The number of hydrogen-bond donors (Lipinski definition) is 0. The lowest BCUT2D eigenvalue weighted by molar-refractivity contribution is -0.132. The molecule has 112 valence electrons. The fourth-order valence-corrected chi connectivity index (χ4v) is 2.31. The molecule has 0 aromatic carbocycles. The third kappa shape index (κ3) is 4.01. The van der Waals surface area contributed by atoms with Crippen molar-refractivity contribution in [1.29, 1.82) is 0 Å². The Morgan fingerprint density at radius 2 is 2.20 bits per heavy atom. The molecule has 0 N–H and O–H groups in total. The Bertz CT molecular complexity index is 429. The fourth-order valence-electron chi connectivity index (χ4n) is 2.31. The molecule has 1 aromatic heterocycles. The van der Waals surface area contributed by atoms with Gasteiger partial charge in [-0.15, -0.1) is 0 Å². The fraction of sp³-hybridized carbons (Fsp3) is 0.769. The first kappa shape index (κ1) is 14.9. The zero-order chi connectivity index (χ0) is 14.4. The number of nitrogens with zero attached hydrogens (tertiary/aromatic N) is 4. The SMILES string of the molecule is CCN(Cc1nc(COC)no1)C(=O)CN1CCCC1. The maximum absolute atomic E-state index is 12.2. The predicted octanol–water partition coefficient (Wildman–Crippen LogP) is 0.660. The minimum Gasteiger partial charge on any atom is -0.377 e. The third-order valence-corrected chi connectivity index (χ3v) is 3.40. The summed E-state index contributed by atoms with van der Waals surface area (Å²) in [7, 11) is 1.58. The molecule has 1 aliphatic rings. The van der Waals surface area contributed by atoms with Crippen LogP contribution in [0.15, 0.2) is 4.52 Å². The topological polar surface area (TPSA) is 71.7 Å². The van der Waals surface area contributed by atoms with Gasteiger partial charge in [0, 0.05) is 13.7 Å². The Morgan fingerprint density at radius 1 is 1.45 bits per heavy atom. The van der Waals surface area contributed by atoms with Crippen LogP contribution < -0.4 is 0 Å². The van der Waals surface area contributed by atoms with Crippen LogP contribution >= 0.6 is 0 Å². The number of methoxy groups -OCH3 is 1. The highest BCUT2D eigenvalue weighted by Crippen LogP contribution is 2.09. The van der Waals surface area contributed by atoms with Gasteiger partial charge in [-0.25, -0.2) is 0 Å². The van der Waals surface area contributed by atoms with Crippen LogP contribution in [0.5, 0.6) is 0 Å². The molecule has 0 saturated carbocycles. The van der Waals surface area contributed by atoms with Gasteiger partial charge < -0.3 is 14.2 Å². The summed E-state index contributed by atoms with van der Waals surface area (Å²) in [5.74, 6) is 1.07. The summed E-state index contributed by atoms with van der Waals surface area (Å²) < 4.78 is 10.1. The smallest absolute Gasteiger partial charge is 0.246 e. The summed E-state index contributed by atoms with van der Waals surface area (Å²) >= 11 is 0. The molecule has 0 radical (unpaired) electrons. The van der Waals surface area contributed by atoms with Gasteiger partial charge in [-0.1, -0.05) is 5.16 Å². The lowest BCUT2D eigenvalue weighted by Crippen LogP contribution is -2.39. The third-order valence-electron chi connectivity index (χ3n) is 3.40. The van der Waals surface area contributed by atoms with E-state index < -0.39 is 0 Å². The lowest BCUT2D eigenvalue weighted by Gasteiger charge is -2.22. The molecule has 0 atom stereocenters. The van der Waals surface area contributed by atoms with E-state index in [0.29, 0.717) is 38.0 Å². The molecule has 20 heavy (non-hydrogen) atoms. The molecule has 1 fully saturated rings. The Morgan fingerprint density at radius 3 is 2.85 bits per heavy atom. The molecular weight excluding hydrogens is 260 g/mol. The van der Waals surface area contributed by atoms with Gasteiger partial charge in [0.25, 0.3) is 0 Å². The van der Waals surface area contributed by atoms with Crippen molar-refractivity contribution >= 4 is 5.91 Å². The van der Waals surface area contributed by atoms with Gasteiger partial charge in [-0.05, 0) is 32.9 Å². The zero-order valence-corrected chi connectivity index (χ0v) is 12.2. The van der Waals surface area contributed by atoms with Gasteiger partial charge in [0.05, 0.1) is 6.54 Å². The first-order valence-electron chi connectivity index (χ1n) is 7.03. The van der Waals surface area contributed by atoms with Gasteiger partial charge >= 0.3 is 0 Å². The maximum Gasteiger partial charge on any atom is 0.246 e. The Hall–Kier alpha value is -1.47. The van der Waals surface area contributed by atoms with Gasteiger partial charge in [0.2, 0.25) is 11.8 Å². The van der Waals surface area contributed by atoms with E-state index in [2.05, 4.69) is 15.0 Å². The summed E-state index contributed by atoms with van der Waals surface area (Å²) in [4.78, 5) is 20.4. The first-order chi connectivity index (χ1) is 9.72. The number of carbonyl (C=O) groups excluding carboxylic acids is 1. The first-order valence-corrected chi connectivity index (χ1v) is 7.03. The average Bonchev–Trinajstić information content (AvgIpc) is 3.08. The molecule has 2 heterocycles. The molecule has 0 bridgehead atoms. The number of rotatable bonds is 7. The highest BCUT2D eigenvalue weighted by atomic mass is 16.5. The van der Waals surface area contributed by atoms with Crippen molar-refractivity contribution in [2.75, 3.05) is 33.3 Å². The van der Waals surface area contributed by atoms with Gasteiger partial charge in [-0.2, -0.15) is 4.98 Å². The van der Waals surface area contributed by atoms with Crippen molar-refractivity contribution in [3.63, 3.8) is 0 Å². The van der Waals surface area contributed by atoms with Crippen LogP contribution in [0, 0.1) is 0 Å². The normalized spacial score (nSPS) is 15.7. The number of likely N-dealkylation sites (tertiary alicyclic amines) is 1. The predicted molar refractivity (Wildman–Crippen MR) is 71.8 cm³/mol. The molecule has 2 rings (SSSR count). The maximum atomic E-state index is 12.2. The van der Waals surface area contributed by atoms with Crippen molar-refractivity contribution in [2.45, 2.75) is 32.9 Å². The van der Waals surface area contributed by atoms with Crippen molar-refractivity contribution in [3.8, 4) is 0 Å². The number of ether oxygens (including phenoxy) is 1. The molecule has 0 spiro atoms. The summed E-state index contributed by atoms with van der Waals surface area (Å²) in [6.45, 7) is 5.77. The van der Waals surface area contributed by atoms with Crippen molar-refractivity contribution in [2.24, 2.45) is 0 Å². The van der Waals surface area contributed by atoms with Gasteiger partial charge in [0.15, 0.2) is 5.82 Å². The van der Waals surface area contributed by atoms with E-state index in [1.807, 2.05) is 6.92 Å². The van der Waals surface area contributed by atoms with E-state index >= 15 is 0 Å². The largest absolute Gasteiger partial charge is 0.377 e. The van der Waals surface area contributed by atoms with E-state index in [0.717, 1.165) is 13.1 Å². The molecule has 1 aliphatic heterocycles. The molecular formula is C13H22N4O3. The van der Waals surface area contributed by atoms with Crippen LogP contribution in [0.1, 0.15) is 31.5 Å². The highest BCUT2D eigenvalue weighted by molar-refractivity contribution is 5.78. The summed E-state index contributed by atoms with van der Waals surface area (Å²) in [6, 6.07) is 0. The van der Waals surface area contributed by atoms with Crippen LogP contribution in [-0.2, 0) is 22.7 Å². The second-order valence-corrected chi connectivity index (χ2v) is 4.93. The summed E-state index contributed by atoms with van der Waals surface area (Å²) in [5.41, 5.74) is 0. The molecule has 0 aliphatic carbocycles. The summed E-state index contributed by atoms with van der Waals surface area (Å²) in [5, 5.41) is 3.80. The second kappa shape index (κ2) is 7.35. The lowest BCUT2D eigenvalue weighted by atomic mass is 10.4. The Balaban J connectivity index is 1.87. The van der Waals surface area contributed by atoms with Crippen LogP contribution in [-0.4, -0.2) is 59.1 Å². The molecule has 0 unspecified atom stereocenters.